The lowest BCUT2D eigenvalue weighted by Gasteiger charge is -2.31. The summed E-state index contributed by atoms with van der Waals surface area (Å²) in [4.78, 5) is 10.0. The van der Waals surface area contributed by atoms with Gasteiger partial charge in [0, 0.05) is 73.7 Å². The van der Waals surface area contributed by atoms with Crippen LogP contribution in [0, 0.1) is 0 Å². The molecule has 0 bridgehead atoms. The number of carboxylic acids is 1. The normalized spacial score (nSPS) is 17.9. The minimum atomic E-state index is -5.35. The molecule has 4 aromatic rings. The fourth-order valence-electron chi connectivity index (χ4n) is 11.3. The van der Waals surface area contributed by atoms with E-state index in [2.05, 4.69) is 0 Å². The number of carboxylic acid groups (broad SMARTS) is 1. The highest BCUT2D eigenvalue weighted by atomic mass is 32.2. The molecule has 0 fully saturated rings. The van der Waals surface area contributed by atoms with Crippen molar-refractivity contribution >= 4 is 95.2 Å². The number of benzene rings is 4. The third kappa shape index (κ3) is 20.5. The molecule has 2 atom stereocenters. The van der Waals surface area contributed by atoms with E-state index < -0.39 is 92.7 Å². The van der Waals surface area contributed by atoms with E-state index in [1.54, 1.807) is 75.8 Å². The first-order valence-corrected chi connectivity index (χ1v) is 36.6. The molecule has 0 aromatic heterocycles. The molecule has 0 saturated heterocycles. The maximum absolute atomic E-state index is 12.9. The summed E-state index contributed by atoms with van der Waals surface area (Å²) in [7, 11) is -22.1. The van der Waals surface area contributed by atoms with Crippen LogP contribution in [-0.2, 0) is 104 Å². The molecule has 0 amide bonds. The summed E-state index contributed by atoms with van der Waals surface area (Å²) in [6, 6.07) is 9.33. The molecule has 0 saturated carbocycles. The van der Waals surface area contributed by atoms with Crippen molar-refractivity contribution in [2.45, 2.75) is 89.2 Å². The Bertz CT molecular complexity index is 4000. The summed E-state index contributed by atoms with van der Waals surface area (Å²) in [5, 5.41) is 9.20. The van der Waals surface area contributed by atoms with Crippen LogP contribution in [0.4, 0.5) is 11.4 Å². The highest BCUT2D eigenvalue weighted by Gasteiger charge is 2.49. The summed E-state index contributed by atoms with van der Waals surface area (Å²) < 4.78 is 227. The molecule has 0 aliphatic carbocycles. The quantitative estimate of drug-likeness (QED) is 0.0138. The molecule has 2 aliphatic rings. The van der Waals surface area contributed by atoms with Crippen LogP contribution in [0.5, 0.6) is 0 Å². The molecule has 32 heteroatoms. The van der Waals surface area contributed by atoms with Crippen LogP contribution < -0.4 is 4.90 Å². The lowest BCUT2D eigenvalue weighted by atomic mass is 9.74. The van der Waals surface area contributed by atoms with Crippen molar-refractivity contribution in [2.24, 2.45) is 0 Å². The average Bonchev–Trinajstić information content (AvgIpc) is 1.52. The summed E-state index contributed by atoms with van der Waals surface area (Å²) in [5.74, 6) is -1.67. The van der Waals surface area contributed by atoms with Crippen LogP contribution in [0.25, 0.3) is 21.5 Å². The van der Waals surface area contributed by atoms with Crippen molar-refractivity contribution in [1.29, 1.82) is 0 Å². The summed E-state index contributed by atoms with van der Waals surface area (Å²) in [6.07, 6.45) is 13.0. The van der Waals surface area contributed by atoms with Crippen LogP contribution >= 0.6 is 0 Å². The monoisotopic (exact) mass is 1390 g/mol. The second kappa shape index (κ2) is 33.8. The van der Waals surface area contributed by atoms with E-state index in [-0.39, 0.29) is 113 Å². The highest BCUT2D eigenvalue weighted by Crippen LogP contribution is 2.54. The predicted molar refractivity (Wildman–Crippen MR) is 338 cm³/mol. The van der Waals surface area contributed by atoms with Crippen molar-refractivity contribution in [3.05, 3.63) is 108 Å². The van der Waals surface area contributed by atoms with E-state index in [0.29, 0.717) is 105 Å². The van der Waals surface area contributed by atoms with E-state index in [1.807, 2.05) is 16.4 Å². The lowest BCUT2D eigenvalue weighted by Crippen LogP contribution is -2.33. The van der Waals surface area contributed by atoms with Crippen molar-refractivity contribution in [1.82, 2.24) is 0 Å². The molecule has 0 radical (unpaired) electrons. The minimum absolute atomic E-state index is 0.0178. The van der Waals surface area contributed by atoms with Gasteiger partial charge >= 0.3 is 5.97 Å². The molecule has 2 aliphatic heterocycles. The predicted octanol–water partition coefficient (Wildman–Crippen LogP) is 6.42. The van der Waals surface area contributed by atoms with E-state index in [1.165, 1.54) is 12.1 Å². The van der Waals surface area contributed by atoms with Gasteiger partial charge in [0.2, 0.25) is 5.69 Å². The van der Waals surface area contributed by atoms with Crippen LogP contribution in [0.2, 0.25) is 0 Å². The first-order chi connectivity index (χ1) is 43.4. The van der Waals surface area contributed by atoms with E-state index in [4.69, 9.17) is 37.9 Å². The van der Waals surface area contributed by atoms with Crippen molar-refractivity contribution in [2.75, 3.05) is 130 Å². The van der Waals surface area contributed by atoms with E-state index >= 15 is 0 Å². The third-order valence-electron chi connectivity index (χ3n) is 15.5. The van der Waals surface area contributed by atoms with Crippen LogP contribution in [-0.4, -0.2) is 212 Å². The zero-order chi connectivity index (χ0) is 67.5. The van der Waals surface area contributed by atoms with Gasteiger partial charge < -0.3 is 52.5 Å². The third-order valence-corrected chi connectivity index (χ3v) is 19.7. The summed E-state index contributed by atoms with van der Waals surface area (Å²) >= 11 is 0. The van der Waals surface area contributed by atoms with Crippen LogP contribution in [0.1, 0.15) is 69.9 Å². The minimum Gasteiger partial charge on any atom is -0.744 e. The van der Waals surface area contributed by atoms with Gasteiger partial charge in [0.15, 0.2) is 12.3 Å². The second-order valence-electron chi connectivity index (χ2n) is 21.9. The SMILES string of the molecule is COCCOCCOCCOCC[N+]1=C(/C=C/C=C/C=C/C=C2/N(CCCCCC(=O)O)c3ccc4c(S(=O)(=O)[O-])cc(S(=O)(=O)O)cc4c3C2(C)CCOCCOCCOCCOC)C(C)(CCCS(=O)(=O)O)c2c1ccc1c(S(=O)(=O)O)cc(S(=O)(=O)O)cc21. The highest BCUT2D eigenvalue weighted by molar-refractivity contribution is 7.87. The molecule has 2 heterocycles. The smallest absolute Gasteiger partial charge is 0.303 e. The molecule has 6 rings (SSSR count). The molecule has 92 heavy (non-hydrogen) atoms. The number of rotatable bonds is 42. The second-order valence-corrected chi connectivity index (χ2v) is 29.0. The van der Waals surface area contributed by atoms with Gasteiger partial charge in [0.05, 0.1) is 105 Å². The Balaban J connectivity index is 1.44. The van der Waals surface area contributed by atoms with Gasteiger partial charge in [0.1, 0.15) is 21.6 Å². The van der Waals surface area contributed by atoms with Crippen molar-refractivity contribution in [3.8, 4) is 0 Å². The topological polar surface area (TPSA) is 392 Å². The number of aliphatic carboxylic acids is 1. The van der Waals surface area contributed by atoms with E-state index in [0.717, 1.165) is 12.1 Å². The number of allylic oxidation sites excluding steroid dienone is 8. The number of fused-ring (bicyclic) bond motifs is 6. The average molecular weight is 1390 g/mol. The summed E-state index contributed by atoms with van der Waals surface area (Å²) in [5.41, 5.74) is 0.203. The zero-order valence-corrected chi connectivity index (χ0v) is 55.6. The number of methoxy groups -OCH3 is 2. The number of unbranched alkanes of at least 4 members (excludes halogenated alkanes) is 2. The zero-order valence-electron chi connectivity index (χ0n) is 51.5. The maximum atomic E-state index is 12.9. The molecule has 2 unspecified atom stereocenters. The number of anilines is 1. The first kappa shape index (κ1) is 75.6. The number of hydrogen-bond donors (Lipinski definition) is 5. The molecule has 0 spiro atoms. The van der Waals surface area contributed by atoms with Gasteiger partial charge in [-0.1, -0.05) is 42.9 Å². The Hall–Kier alpha value is -5.47. The van der Waals surface area contributed by atoms with Gasteiger partial charge in [-0.05, 0) is 110 Å². The number of hydrogen-bond acceptors (Lipinski definition) is 21. The van der Waals surface area contributed by atoms with Gasteiger partial charge in [-0.25, -0.2) is 8.42 Å². The largest absolute Gasteiger partial charge is 0.744 e. The Labute approximate surface area is 537 Å². The molecule has 5 N–H and O–H groups in total. The molecule has 27 nitrogen and oxygen atoms in total. The van der Waals surface area contributed by atoms with Gasteiger partial charge in [0.25, 0.3) is 40.5 Å². The maximum Gasteiger partial charge on any atom is 0.303 e. The van der Waals surface area contributed by atoms with E-state index in [9.17, 15) is 74.8 Å². The number of nitrogens with zero attached hydrogens (tertiary/aromatic N) is 2. The molecular weight excluding hydrogens is 1310 g/mol. The molecule has 4 aromatic carbocycles. The van der Waals surface area contributed by atoms with Crippen LogP contribution in [0.3, 0.4) is 0 Å². The Morgan fingerprint density at radius 1 is 0.543 bits per heavy atom. The fraction of sp³-hybridized carbons (Fsp3) is 0.500. The number of carbonyl (C=O) groups is 1. The lowest BCUT2D eigenvalue weighted by molar-refractivity contribution is -0.442. The van der Waals surface area contributed by atoms with Gasteiger partial charge in [-0.3, -0.25) is 23.0 Å². The van der Waals surface area contributed by atoms with Gasteiger partial charge in [-0.2, -0.15) is 38.2 Å². The Kier molecular flexibility index (Phi) is 27.7. The molecular formula is C60H80N2O25S5. The fourth-order valence-corrected chi connectivity index (χ4v) is 14.5. The number of ether oxygens (including phenoxy) is 8. The van der Waals surface area contributed by atoms with Crippen molar-refractivity contribution < 1.29 is 117 Å². The summed E-state index contributed by atoms with van der Waals surface area (Å²) in [6.45, 7) is 7.59. The van der Waals surface area contributed by atoms with Crippen molar-refractivity contribution in [3.63, 3.8) is 0 Å². The Morgan fingerprint density at radius 2 is 1.04 bits per heavy atom. The standard InChI is InChI=1S/C60H80N2O25S5/c1-59(21-13-39-88(65,66)67)54(62(24-26-83-32-34-87-38-36-85-30-28-81-4)51-20-18-46-48(57(51)59)40-44(89(68,69)70)42-52(46)91(74,75)76)14-9-6-5-7-10-15-55-60(2,22-25-82-31-33-86-37-35-84-29-27-80-3)58-49-41-45(90(71,72)73)43-53(92(77,78)79)47(49)17-19-50(58)61(55)23-12-8-11-16-56(63)64/h5-7,9-10,14-15,17-20,40-43H,8,11-13,16,21-39H2,1-4H3,(H5-,63,64,65,66,67,68,69,70,71,72,73,74,75,76,77,78,79). The van der Waals surface area contributed by atoms with Crippen LogP contribution in [0.15, 0.2) is 116 Å². The van der Waals surface area contributed by atoms with Gasteiger partial charge in [-0.15, -0.1) is 0 Å². The molecule has 510 valence electrons. The Morgan fingerprint density at radius 3 is 1.58 bits per heavy atom. The first-order valence-electron chi connectivity index (χ1n) is 29.3.